The molecule has 0 radical (unpaired) electrons. The van der Waals surface area contributed by atoms with Crippen molar-refractivity contribution in [2.45, 2.75) is 30.8 Å². The summed E-state index contributed by atoms with van der Waals surface area (Å²) in [6.45, 7) is 0. The molecule has 1 saturated carbocycles. The quantitative estimate of drug-likeness (QED) is 0.624. The molecule has 1 aromatic heterocycles. The molecule has 3 atom stereocenters. The topological polar surface area (TPSA) is 33.1 Å². The summed E-state index contributed by atoms with van der Waals surface area (Å²) in [4.78, 5) is 4.33. The Kier molecular flexibility index (Phi) is 1.14. The number of hydrogen-bond acceptors (Lipinski definition) is 2. The van der Waals surface area contributed by atoms with Crippen molar-refractivity contribution in [1.29, 1.82) is 0 Å². The largest absolute Gasteiger partial charge is 0.392 e. The number of pyridine rings is 1. The van der Waals surface area contributed by atoms with E-state index in [1.54, 1.807) is 0 Å². The van der Waals surface area contributed by atoms with Crippen LogP contribution in [0.3, 0.4) is 0 Å². The van der Waals surface area contributed by atoms with E-state index in [9.17, 15) is 5.11 Å². The highest BCUT2D eigenvalue weighted by molar-refractivity contribution is 5.37. The molecule has 1 heterocycles. The van der Waals surface area contributed by atoms with Crippen molar-refractivity contribution < 1.29 is 5.11 Å². The Balaban J connectivity index is 2.17. The van der Waals surface area contributed by atoms with Crippen molar-refractivity contribution in [3.05, 3.63) is 29.6 Å². The molecule has 2 aliphatic carbocycles. The molecule has 0 amide bonds. The van der Waals surface area contributed by atoms with Gasteiger partial charge in [-0.1, -0.05) is 6.07 Å². The second kappa shape index (κ2) is 2.07. The summed E-state index contributed by atoms with van der Waals surface area (Å²) in [5.41, 5.74) is 2.54. The molecule has 62 valence electrons. The zero-order valence-corrected chi connectivity index (χ0v) is 6.77. The van der Waals surface area contributed by atoms with Crippen LogP contribution in [0.4, 0.5) is 0 Å². The molecule has 2 aliphatic rings. The van der Waals surface area contributed by atoms with Crippen LogP contribution in [0, 0.1) is 0 Å². The number of hydrogen-bond donors (Lipinski definition) is 1. The van der Waals surface area contributed by atoms with Gasteiger partial charge in [-0.15, -0.1) is 0 Å². The van der Waals surface area contributed by atoms with Crippen molar-refractivity contribution in [3.63, 3.8) is 0 Å². The maximum Gasteiger partial charge on any atom is 0.0630 e. The van der Waals surface area contributed by atoms with Crippen LogP contribution in [0.2, 0.25) is 0 Å². The molecule has 2 bridgehead atoms. The monoisotopic (exact) mass is 161 g/mol. The number of nitrogens with zero attached hydrogens (tertiary/aromatic N) is 1. The fourth-order valence-electron chi connectivity index (χ4n) is 2.65. The molecule has 0 aromatic carbocycles. The molecule has 2 nitrogen and oxygen atoms in total. The Morgan fingerprint density at radius 1 is 1.42 bits per heavy atom. The van der Waals surface area contributed by atoms with Crippen molar-refractivity contribution in [2.75, 3.05) is 0 Å². The Hall–Kier alpha value is -0.890. The molecule has 3 rings (SSSR count). The van der Waals surface area contributed by atoms with Gasteiger partial charge in [0.1, 0.15) is 0 Å². The lowest BCUT2D eigenvalue weighted by Crippen LogP contribution is -2.16. The highest BCUT2D eigenvalue weighted by atomic mass is 16.3. The van der Waals surface area contributed by atoms with Gasteiger partial charge in [-0.05, 0) is 30.4 Å². The number of rotatable bonds is 0. The number of aliphatic hydroxyl groups excluding tert-OH is 1. The summed E-state index contributed by atoms with van der Waals surface area (Å²) in [7, 11) is 0. The van der Waals surface area contributed by atoms with Crippen LogP contribution >= 0.6 is 0 Å². The lowest BCUT2D eigenvalue weighted by molar-refractivity contribution is 0.156. The van der Waals surface area contributed by atoms with E-state index < -0.39 is 0 Å². The van der Waals surface area contributed by atoms with E-state index in [0.717, 1.165) is 18.5 Å². The Labute approximate surface area is 71.3 Å². The lowest BCUT2D eigenvalue weighted by atomic mass is 9.94. The molecule has 0 unspecified atom stereocenters. The molecular formula is C10H11NO. The standard InChI is InChI=1S/C10H11NO/c12-9-5-6-4-8(9)10-7(6)2-1-3-11-10/h1-3,6,8-9,12H,4-5H2/t6-,8+,9+/m1/s1. The van der Waals surface area contributed by atoms with Crippen molar-refractivity contribution >= 4 is 0 Å². The van der Waals surface area contributed by atoms with Gasteiger partial charge >= 0.3 is 0 Å². The summed E-state index contributed by atoms with van der Waals surface area (Å²) < 4.78 is 0. The number of aliphatic hydroxyl groups is 1. The first-order valence-electron chi connectivity index (χ1n) is 4.49. The van der Waals surface area contributed by atoms with E-state index in [2.05, 4.69) is 11.1 Å². The maximum absolute atomic E-state index is 9.63. The second-order valence-corrected chi connectivity index (χ2v) is 3.82. The summed E-state index contributed by atoms with van der Waals surface area (Å²) in [5.74, 6) is 0.930. The fraction of sp³-hybridized carbons (Fsp3) is 0.500. The molecular weight excluding hydrogens is 150 g/mol. The fourth-order valence-corrected chi connectivity index (χ4v) is 2.65. The van der Waals surface area contributed by atoms with Gasteiger partial charge in [-0.25, -0.2) is 0 Å². The van der Waals surface area contributed by atoms with Gasteiger partial charge in [-0.2, -0.15) is 0 Å². The first-order chi connectivity index (χ1) is 5.86. The van der Waals surface area contributed by atoms with Gasteiger partial charge in [0, 0.05) is 17.8 Å². The minimum atomic E-state index is -0.127. The molecule has 1 N–H and O–H groups in total. The van der Waals surface area contributed by atoms with Crippen LogP contribution < -0.4 is 0 Å². The molecule has 0 spiro atoms. The summed E-state index contributed by atoms with van der Waals surface area (Å²) in [6, 6.07) is 4.14. The van der Waals surface area contributed by atoms with Crippen LogP contribution in [0.1, 0.15) is 35.9 Å². The first kappa shape index (κ1) is 6.61. The Morgan fingerprint density at radius 2 is 2.33 bits per heavy atom. The van der Waals surface area contributed by atoms with Crippen molar-refractivity contribution in [2.24, 2.45) is 0 Å². The number of aromatic nitrogens is 1. The van der Waals surface area contributed by atoms with E-state index in [1.807, 2.05) is 12.3 Å². The summed E-state index contributed by atoms with van der Waals surface area (Å²) in [5, 5.41) is 9.63. The van der Waals surface area contributed by atoms with Crippen LogP contribution in [0.25, 0.3) is 0 Å². The molecule has 2 heteroatoms. The first-order valence-corrected chi connectivity index (χ1v) is 4.49. The highest BCUT2D eigenvalue weighted by Crippen LogP contribution is 2.51. The zero-order chi connectivity index (χ0) is 8.13. The minimum absolute atomic E-state index is 0.127. The van der Waals surface area contributed by atoms with Crippen LogP contribution in [-0.2, 0) is 0 Å². The van der Waals surface area contributed by atoms with Gasteiger partial charge in [-0.3, -0.25) is 4.98 Å². The Morgan fingerprint density at radius 3 is 3.25 bits per heavy atom. The molecule has 1 aromatic rings. The predicted octanol–water partition coefficient (Wildman–Crippen LogP) is 1.42. The van der Waals surface area contributed by atoms with E-state index in [-0.39, 0.29) is 6.10 Å². The Bertz CT molecular complexity index is 323. The van der Waals surface area contributed by atoms with E-state index >= 15 is 0 Å². The van der Waals surface area contributed by atoms with Crippen LogP contribution in [0.5, 0.6) is 0 Å². The van der Waals surface area contributed by atoms with E-state index in [4.69, 9.17) is 0 Å². The van der Waals surface area contributed by atoms with Crippen LogP contribution in [-0.4, -0.2) is 16.2 Å². The predicted molar refractivity (Wildman–Crippen MR) is 45.0 cm³/mol. The third-order valence-electron chi connectivity index (χ3n) is 3.19. The van der Waals surface area contributed by atoms with Crippen LogP contribution in [0.15, 0.2) is 18.3 Å². The average Bonchev–Trinajstić information content (AvgIpc) is 2.62. The highest BCUT2D eigenvalue weighted by Gasteiger charge is 2.43. The smallest absolute Gasteiger partial charge is 0.0630 e. The third-order valence-corrected chi connectivity index (χ3v) is 3.19. The van der Waals surface area contributed by atoms with E-state index in [0.29, 0.717) is 11.8 Å². The number of fused-ring (bicyclic) bond motifs is 5. The second-order valence-electron chi connectivity index (χ2n) is 3.82. The van der Waals surface area contributed by atoms with Crippen molar-refractivity contribution in [3.8, 4) is 0 Å². The van der Waals surface area contributed by atoms with Crippen molar-refractivity contribution in [1.82, 2.24) is 4.98 Å². The van der Waals surface area contributed by atoms with Gasteiger partial charge in [0.25, 0.3) is 0 Å². The lowest BCUT2D eigenvalue weighted by Gasteiger charge is -2.18. The SMILES string of the molecule is O[C@H]1C[C@H]2C[C@@H]1c1ncccc12. The molecule has 12 heavy (non-hydrogen) atoms. The summed E-state index contributed by atoms with van der Waals surface area (Å²) in [6.07, 6.45) is 3.76. The van der Waals surface area contributed by atoms with Gasteiger partial charge < -0.3 is 5.11 Å². The third kappa shape index (κ3) is 0.661. The van der Waals surface area contributed by atoms with E-state index in [1.165, 1.54) is 5.56 Å². The van der Waals surface area contributed by atoms with Gasteiger partial charge in [0.05, 0.1) is 6.10 Å². The average molecular weight is 161 g/mol. The zero-order valence-electron chi connectivity index (χ0n) is 6.77. The maximum atomic E-state index is 9.63. The van der Waals surface area contributed by atoms with Gasteiger partial charge in [0.2, 0.25) is 0 Å². The molecule has 1 fully saturated rings. The molecule has 0 saturated heterocycles. The van der Waals surface area contributed by atoms with Gasteiger partial charge in [0.15, 0.2) is 0 Å². The molecule has 0 aliphatic heterocycles. The summed E-state index contributed by atoms with van der Waals surface area (Å²) >= 11 is 0. The minimum Gasteiger partial charge on any atom is -0.392 e. The normalized spacial score (nSPS) is 36.9.